The molecule has 0 aliphatic carbocycles. The number of carbonyl (C=O) groups is 1. The molecule has 152 valence electrons. The van der Waals surface area contributed by atoms with Gasteiger partial charge in [-0.3, -0.25) is 15.0 Å². The molecule has 0 saturated carbocycles. The van der Waals surface area contributed by atoms with Gasteiger partial charge in [0.15, 0.2) is 5.72 Å². The van der Waals surface area contributed by atoms with Crippen molar-refractivity contribution < 1.29 is 23.9 Å². The average molecular weight is 420 g/mol. The number of benzene rings is 2. The van der Waals surface area contributed by atoms with E-state index < -0.39 is 22.7 Å². The van der Waals surface area contributed by atoms with Gasteiger partial charge in [0.1, 0.15) is 17.2 Å². The number of nitrogens with one attached hydrogen (secondary N) is 1. The summed E-state index contributed by atoms with van der Waals surface area (Å²) >= 11 is 6.29. The Morgan fingerprint density at radius 2 is 2.00 bits per heavy atom. The van der Waals surface area contributed by atoms with Crippen LogP contribution in [-0.4, -0.2) is 30.9 Å². The van der Waals surface area contributed by atoms with E-state index in [1.165, 1.54) is 31.3 Å². The molecule has 0 radical (unpaired) electrons. The molecule has 2 aliphatic heterocycles. The number of amides is 2. The number of halogens is 1. The second kappa shape index (κ2) is 6.70. The van der Waals surface area contributed by atoms with Crippen molar-refractivity contribution in [3.8, 4) is 17.2 Å². The van der Waals surface area contributed by atoms with Gasteiger partial charge in [-0.2, -0.15) is 0 Å². The summed E-state index contributed by atoms with van der Waals surface area (Å²) in [5.74, 6) is 1.27. The Balaban J connectivity index is 1.81. The largest absolute Gasteiger partial charge is 0.495 e. The van der Waals surface area contributed by atoms with Gasteiger partial charge in [0.05, 0.1) is 35.9 Å². The van der Waals surface area contributed by atoms with Crippen LogP contribution in [0.5, 0.6) is 17.2 Å². The number of hydrogen-bond donors (Lipinski definition) is 1. The predicted octanol–water partition coefficient (Wildman–Crippen LogP) is 4.04. The van der Waals surface area contributed by atoms with Gasteiger partial charge in [-0.05, 0) is 19.1 Å². The number of methoxy groups -OCH3 is 2. The molecule has 2 aromatic carbocycles. The highest BCUT2D eigenvalue weighted by atomic mass is 35.5. The zero-order chi connectivity index (χ0) is 20.9. The predicted molar refractivity (Wildman–Crippen MR) is 105 cm³/mol. The summed E-state index contributed by atoms with van der Waals surface area (Å²) in [5, 5.41) is 14.3. The molecule has 2 aliphatic rings. The van der Waals surface area contributed by atoms with Crippen LogP contribution < -0.4 is 24.4 Å². The van der Waals surface area contributed by atoms with Crippen LogP contribution in [-0.2, 0) is 0 Å². The Bertz CT molecular complexity index is 1030. The van der Waals surface area contributed by atoms with E-state index in [9.17, 15) is 14.9 Å². The van der Waals surface area contributed by atoms with Gasteiger partial charge in [-0.25, -0.2) is 4.79 Å². The molecule has 2 unspecified atom stereocenters. The number of fused-ring (bicyclic) bond motifs is 4. The van der Waals surface area contributed by atoms with E-state index in [0.717, 1.165) is 0 Å². The van der Waals surface area contributed by atoms with Crippen molar-refractivity contribution >= 4 is 29.0 Å². The van der Waals surface area contributed by atoms with Crippen molar-refractivity contribution in [2.45, 2.75) is 25.1 Å². The zero-order valence-corrected chi connectivity index (χ0v) is 16.6. The van der Waals surface area contributed by atoms with E-state index in [0.29, 0.717) is 39.9 Å². The van der Waals surface area contributed by atoms with Crippen LogP contribution in [0.15, 0.2) is 30.3 Å². The topological polar surface area (TPSA) is 103 Å². The molecule has 4 rings (SSSR count). The van der Waals surface area contributed by atoms with Crippen molar-refractivity contribution in [3.63, 3.8) is 0 Å². The van der Waals surface area contributed by atoms with E-state index in [2.05, 4.69) is 5.32 Å². The third kappa shape index (κ3) is 2.98. The minimum Gasteiger partial charge on any atom is -0.495 e. The first-order chi connectivity index (χ1) is 13.8. The van der Waals surface area contributed by atoms with Gasteiger partial charge < -0.3 is 19.5 Å². The van der Waals surface area contributed by atoms with Gasteiger partial charge in [0, 0.05) is 30.2 Å². The van der Waals surface area contributed by atoms with Gasteiger partial charge >= 0.3 is 6.03 Å². The number of nitrogens with zero attached hydrogens (tertiary/aromatic N) is 2. The third-order valence-electron chi connectivity index (χ3n) is 5.16. The number of urea groups is 1. The van der Waals surface area contributed by atoms with E-state index in [4.69, 9.17) is 25.8 Å². The van der Waals surface area contributed by atoms with Crippen LogP contribution >= 0.6 is 11.6 Å². The van der Waals surface area contributed by atoms with Crippen LogP contribution in [0.3, 0.4) is 0 Å². The Hall–Kier alpha value is -3.20. The molecule has 2 aromatic rings. The first-order valence-corrected chi connectivity index (χ1v) is 9.15. The highest BCUT2D eigenvalue weighted by Gasteiger charge is 2.51. The highest BCUT2D eigenvalue weighted by molar-refractivity contribution is 6.32. The first kappa shape index (κ1) is 19.1. The first-order valence-electron chi connectivity index (χ1n) is 8.77. The number of non-ortho nitro benzene ring substituents is 1. The summed E-state index contributed by atoms with van der Waals surface area (Å²) in [4.78, 5) is 25.1. The maximum atomic E-state index is 13.0. The molecule has 2 heterocycles. The molecule has 1 N–H and O–H groups in total. The minimum absolute atomic E-state index is 0.0590. The van der Waals surface area contributed by atoms with Crippen LogP contribution in [0, 0.1) is 10.1 Å². The molecule has 1 fully saturated rings. The third-order valence-corrected chi connectivity index (χ3v) is 5.46. The van der Waals surface area contributed by atoms with Crippen LogP contribution in [0.2, 0.25) is 5.02 Å². The zero-order valence-electron chi connectivity index (χ0n) is 15.9. The number of anilines is 1. The quantitative estimate of drug-likeness (QED) is 0.592. The summed E-state index contributed by atoms with van der Waals surface area (Å²) in [7, 11) is 2.97. The van der Waals surface area contributed by atoms with Crippen molar-refractivity contribution in [1.82, 2.24) is 5.32 Å². The van der Waals surface area contributed by atoms with Gasteiger partial charge in [-0.1, -0.05) is 11.6 Å². The fraction of sp³-hybridized carbons (Fsp3) is 0.316. The lowest BCUT2D eigenvalue weighted by molar-refractivity contribution is -0.385. The van der Waals surface area contributed by atoms with Gasteiger partial charge in [0.25, 0.3) is 5.69 Å². The number of carbonyl (C=O) groups excluding carboxylic acids is 1. The molecular weight excluding hydrogens is 402 g/mol. The number of rotatable bonds is 4. The number of hydrogen-bond acceptors (Lipinski definition) is 6. The number of nitro groups is 1. The lowest BCUT2D eigenvalue weighted by Gasteiger charge is -2.50. The van der Waals surface area contributed by atoms with Crippen molar-refractivity contribution in [1.29, 1.82) is 0 Å². The van der Waals surface area contributed by atoms with Crippen molar-refractivity contribution in [2.75, 3.05) is 19.1 Å². The van der Waals surface area contributed by atoms with Crippen LogP contribution in [0.1, 0.15) is 24.9 Å². The monoisotopic (exact) mass is 419 g/mol. The normalized spacial score (nSPS) is 22.3. The smallest absolute Gasteiger partial charge is 0.325 e. The molecule has 0 aromatic heterocycles. The molecule has 29 heavy (non-hydrogen) atoms. The molecule has 2 bridgehead atoms. The molecular formula is C19H18ClN3O6. The molecule has 10 heteroatoms. The average Bonchev–Trinajstić information content (AvgIpc) is 2.67. The Morgan fingerprint density at radius 1 is 1.28 bits per heavy atom. The number of nitro benzene ring substituents is 1. The van der Waals surface area contributed by atoms with Crippen molar-refractivity contribution in [2.24, 2.45) is 0 Å². The Morgan fingerprint density at radius 3 is 2.66 bits per heavy atom. The fourth-order valence-corrected chi connectivity index (χ4v) is 4.09. The van der Waals surface area contributed by atoms with E-state index in [1.54, 1.807) is 25.1 Å². The van der Waals surface area contributed by atoms with Crippen molar-refractivity contribution in [3.05, 3.63) is 51.0 Å². The molecule has 1 saturated heterocycles. The van der Waals surface area contributed by atoms with E-state index in [-0.39, 0.29) is 5.69 Å². The second-order valence-corrected chi connectivity index (χ2v) is 7.36. The summed E-state index contributed by atoms with van der Waals surface area (Å²) in [5.41, 5.74) is -0.121. The summed E-state index contributed by atoms with van der Waals surface area (Å²) < 4.78 is 16.8. The van der Waals surface area contributed by atoms with Gasteiger partial charge in [-0.15, -0.1) is 0 Å². The van der Waals surface area contributed by atoms with Crippen LogP contribution in [0.4, 0.5) is 16.2 Å². The summed E-state index contributed by atoms with van der Waals surface area (Å²) in [6.07, 6.45) is 0.375. The van der Waals surface area contributed by atoms with E-state index in [1.807, 2.05) is 0 Å². The molecule has 0 spiro atoms. The maximum Gasteiger partial charge on any atom is 0.325 e. The van der Waals surface area contributed by atoms with E-state index >= 15 is 0 Å². The molecule has 2 amide bonds. The molecule has 9 nitrogen and oxygen atoms in total. The minimum atomic E-state index is -1.05. The fourth-order valence-electron chi connectivity index (χ4n) is 3.86. The highest BCUT2D eigenvalue weighted by Crippen LogP contribution is 2.49. The standard InChI is InChI=1S/C19H18ClN3O6/c1-19-9-13(11-6-10(23(25)26)4-5-15(11)29-19)21-18(24)22(19)14-7-12(20)16(27-2)8-17(14)28-3/h4-8,13H,9H2,1-3H3,(H,21,24). The lowest BCUT2D eigenvalue weighted by atomic mass is 9.89. The Kier molecular flexibility index (Phi) is 4.42. The van der Waals surface area contributed by atoms with Gasteiger partial charge in [0.2, 0.25) is 0 Å². The Labute approximate surface area is 171 Å². The summed E-state index contributed by atoms with van der Waals surface area (Å²) in [6.45, 7) is 1.78. The maximum absolute atomic E-state index is 13.0. The molecule has 2 atom stereocenters. The van der Waals surface area contributed by atoms with Crippen LogP contribution in [0.25, 0.3) is 0 Å². The number of ether oxygens (including phenoxy) is 3. The second-order valence-electron chi connectivity index (χ2n) is 6.96. The SMILES string of the molecule is COc1cc(OC)c(N2C(=O)NC3CC2(C)Oc2ccc([N+](=O)[O-])cc23)cc1Cl. The summed E-state index contributed by atoms with van der Waals surface area (Å²) in [6, 6.07) is 6.68. The lowest BCUT2D eigenvalue weighted by Crippen LogP contribution is -2.65.